The van der Waals surface area contributed by atoms with Crippen LogP contribution in [-0.2, 0) is 4.79 Å². The molecule has 0 aliphatic carbocycles. The maximum absolute atomic E-state index is 12.2. The summed E-state index contributed by atoms with van der Waals surface area (Å²) in [6, 6.07) is 10.0. The largest absolute Gasteiger partial charge is 0.495 e. The van der Waals surface area contributed by atoms with Gasteiger partial charge in [-0.1, -0.05) is 29.3 Å². The molecule has 0 radical (unpaired) electrons. The third-order valence-electron chi connectivity index (χ3n) is 3.57. The van der Waals surface area contributed by atoms with Crippen molar-refractivity contribution in [1.82, 2.24) is 5.43 Å². The predicted molar refractivity (Wildman–Crippen MR) is 108 cm³/mol. The summed E-state index contributed by atoms with van der Waals surface area (Å²) in [5.41, 5.74) is 4.61. The number of hydrazone groups is 1. The normalized spacial score (nSPS) is 11.1. The number of hydrogen-bond acceptors (Lipinski definition) is 4. The standard InChI is InChI=1S/C19H19Cl2N3O3/c1-11-4-7-17(27-3)16(8-11)22-18(25)9-12(2)23-24-19(26)14-6-5-13(20)10-15(14)21/h4-8,10H,9H2,1-3H3,(H,22,25)(H,24,26)/b23-12-. The Labute approximate surface area is 167 Å². The van der Waals surface area contributed by atoms with Crippen molar-refractivity contribution < 1.29 is 14.3 Å². The number of nitrogens with one attached hydrogen (secondary N) is 2. The highest BCUT2D eigenvalue weighted by molar-refractivity contribution is 6.36. The quantitative estimate of drug-likeness (QED) is 0.548. The summed E-state index contributed by atoms with van der Waals surface area (Å²) in [6.45, 7) is 3.55. The van der Waals surface area contributed by atoms with E-state index in [0.29, 0.717) is 22.2 Å². The zero-order valence-electron chi connectivity index (χ0n) is 15.1. The predicted octanol–water partition coefficient (Wildman–Crippen LogP) is 4.44. The molecule has 2 aromatic carbocycles. The number of carbonyl (C=O) groups excluding carboxylic acids is 2. The molecule has 0 saturated heterocycles. The first-order valence-electron chi connectivity index (χ1n) is 8.03. The van der Waals surface area contributed by atoms with Crippen LogP contribution in [0.4, 0.5) is 5.69 Å². The number of halogens is 2. The highest BCUT2D eigenvalue weighted by Crippen LogP contribution is 2.25. The Morgan fingerprint density at radius 1 is 1.15 bits per heavy atom. The molecular formula is C19H19Cl2N3O3. The van der Waals surface area contributed by atoms with Crippen molar-refractivity contribution >= 4 is 46.4 Å². The zero-order valence-corrected chi connectivity index (χ0v) is 16.6. The summed E-state index contributed by atoms with van der Waals surface area (Å²) in [5, 5.41) is 7.36. The number of ether oxygens (including phenoxy) is 1. The van der Waals surface area contributed by atoms with Gasteiger partial charge < -0.3 is 10.1 Å². The number of hydrogen-bond donors (Lipinski definition) is 2. The molecule has 6 nitrogen and oxygen atoms in total. The van der Waals surface area contributed by atoms with Crippen molar-refractivity contribution in [3.63, 3.8) is 0 Å². The molecule has 0 aromatic heterocycles. The van der Waals surface area contributed by atoms with E-state index in [1.807, 2.05) is 19.1 Å². The summed E-state index contributed by atoms with van der Waals surface area (Å²) in [4.78, 5) is 24.3. The SMILES string of the molecule is COc1ccc(C)cc1NC(=O)C/C(C)=N\NC(=O)c1ccc(Cl)cc1Cl. The van der Waals surface area contributed by atoms with E-state index < -0.39 is 5.91 Å². The number of carbonyl (C=O) groups is 2. The number of methoxy groups -OCH3 is 1. The van der Waals surface area contributed by atoms with E-state index in [4.69, 9.17) is 27.9 Å². The Balaban J connectivity index is 1.97. The molecule has 142 valence electrons. The monoisotopic (exact) mass is 407 g/mol. The van der Waals surface area contributed by atoms with Crippen LogP contribution in [0.25, 0.3) is 0 Å². The van der Waals surface area contributed by atoms with Crippen molar-refractivity contribution in [2.24, 2.45) is 5.10 Å². The van der Waals surface area contributed by atoms with Crippen LogP contribution < -0.4 is 15.5 Å². The molecule has 27 heavy (non-hydrogen) atoms. The first kappa shape index (κ1) is 20.7. The number of benzene rings is 2. The molecule has 0 unspecified atom stereocenters. The molecule has 2 rings (SSSR count). The van der Waals surface area contributed by atoms with Gasteiger partial charge in [0.2, 0.25) is 5.91 Å². The third-order valence-corrected chi connectivity index (χ3v) is 4.12. The first-order valence-corrected chi connectivity index (χ1v) is 8.78. The molecule has 8 heteroatoms. The molecule has 0 atom stereocenters. The minimum atomic E-state index is -0.489. The molecule has 0 fully saturated rings. The average molecular weight is 408 g/mol. The van der Waals surface area contributed by atoms with E-state index in [2.05, 4.69) is 15.8 Å². The fourth-order valence-corrected chi connectivity index (χ4v) is 2.76. The van der Waals surface area contributed by atoms with E-state index in [1.165, 1.54) is 19.2 Å². The Kier molecular flexibility index (Phi) is 7.21. The van der Waals surface area contributed by atoms with Crippen molar-refractivity contribution in [3.8, 4) is 5.75 Å². The summed E-state index contributed by atoms with van der Waals surface area (Å²) in [5.74, 6) is -0.204. The van der Waals surface area contributed by atoms with Crippen LogP contribution in [0.2, 0.25) is 10.0 Å². The van der Waals surface area contributed by atoms with Gasteiger partial charge in [0.05, 0.1) is 29.8 Å². The number of nitrogens with zero attached hydrogens (tertiary/aromatic N) is 1. The Morgan fingerprint density at radius 2 is 1.89 bits per heavy atom. The molecule has 0 spiro atoms. The maximum atomic E-state index is 12.2. The lowest BCUT2D eigenvalue weighted by molar-refractivity contribution is -0.115. The van der Waals surface area contributed by atoms with Crippen molar-refractivity contribution in [2.75, 3.05) is 12.4 Å². The summed E-state index contributed by atoms with van der Waals surface area (Å²) in [7, 11) is 1.53. The van der Waals surface area contributed by atoms with Crippen LogP contribution in [0.3, 0.4) is 0 Å². The highest BCUT2D eigenvalue weighted by Gasteiger charge is 2.12. The van der Waals surface area contributed by atoms with Gasteiger partial charge in [0, 0.05) is 10.7 Å². The minimum Gasteiger partial charge on any atom is -0.495 e. The second-order valence-corrected chi connectivity index (χ2v) is 6.68. The molecule has 0 aliphatic heterocycles. The molecule has 0 heterocycles. The van der Waals surface area contributed by atoms with Gasteiger partial charge >= 0.3 is 0 Å². The highest BCUT2D eigenvalue weighted by atomic mass is 35.5. The van der Waals surface area contributed by atoms with E-state index in [1.54, 1.807) is 19.1 Å². The van der Waals surface area contributed by atoms with E-state index in [0.717, 1.165) is 5.56 Å². The fourth-order valence-electron chi connectivity index (χ4n) is 2.27. The van der Waals surface area contributed by atoms with Crippen molar-refractivity contribution in [2.45, 2.75) is 20.3 Å². The van der Waals surface area contributed by atoms with Gasteiger partial charge in [-0.25, -0.2) is 5.43 Å². The lowest BCUT2D eigenvalue weighted by Gasteiger charge is -2.11. The molecular weight excluding hydrogens is 389 g/mol. The fraction of sp³-hybridized carbons (Fsp3) is 0.211. The topological polar surface area (TPSA) is 79.8 Å². The molecule has 2 aromatic rings. The van der Waals surface area contributed by atoms with Crippen molar-refractivity contribution in [1.29, 1.82) is 0 Å². The average Bonchev–Trinajstić information content (AvgIpc) is 2.59. The second-order valence-electron chi connectivity index (χ2n) is 5.84. The van der Waals surface area contributed by atoms with Crippen LogP contribution >= 0.6 is 23.2 Å². The Bertz CT molecular complexity index is 898. The third kappa shape index (κ3) is 5.98. The number of amides is 2. The lowest BCUT2D eigenvalue weighted by Crippen LogP contribution is -2.22. The summed E-state index contributed by atoms with van der Waals surface area (Å²) in [6.07, 6.45) is 0.00568. The van der Waals surface area contributed by atoms with Crippen LogP contribution in [0.1, 0.15) is 29.3 Å². The summed E-state index contributed by atoms with van der Waals surface area (Å²) < 4.78 is 5.23. The second kappa shape index (κ2) is 9.39. The maximum Gasteiger partial charge on any atom is 0.272 e. The van der Waals surface area contributed by atoms with Gasteiger partial charge in [-0.2, -0.15) is 5.10 Å². The van der Waals surface area contributed by atoms with Crippen LogP contribution in [0.15, 0.2) is 41.5 Å². The molecule has 2 amide bonds. The molecule has 2 N–H and O–H groups in total. The van der Waals surface area contributed by atoms with Gasteiger partial charge in [0.15, 0.2) is 0 Å². The van der Waals surface area contributed by atoms with E-state index in [-0.39, 0.29) is 22.9 Å². The van der Waals surface area contributed by atoms with E-state index in [9.17, 15) is 9.59 Å². The van der Waals surface area contributed by atoms with Gasteiger partial charge in [-0.05, 0) is 49.7 Å². The van der Waals surface area contributed by atoms with Crippen LogP contribution in [0, 0.1) is 6.92 Å². The van der Waals surface area contributed by atoms with Gasteiger partial charge in [-0.15, -0.1) is 0 Å². The molecule has 0 saturated carbocycles. The first-order chi connectivity index (χ1) is 12.8. The molecule has 0 aliphatic rings. The Morgan fingerprint density at radius 3 is 2.56 bits per heavy atom. The Hall–Kier alpha value is -2.57. The molecule has 0 bridgehead atoms. The number of rotatable bonds is 6. The van der Waals surface area contributed by atoms with Gasteiger partial charge in [-0.3, -0.25) is 9.59 Å². The van der Waals surface area contributed by atoms with Crippen molar-refractivity contribution in [3.05, 3.63) is 57.6 Å². The summed E-state index contributed by atoms with van der Waals surface area (Å²) >= 11 is 11.8. The lowest BCUT2D eigenvalue weighted by atomic mass is 10.2. The van der Waals surface area contributed by atoms with Gasteiger partial charge in [0.25, 0.3) is 5.91 Å². The number of anilines is 1. The van der Waals surface area contributed by atoms with Crippen LogP contribution in [-0.4, -0.2) is 24.6 Å². The van der Waals surface area contributed by atoms with Crippen LogP contribution in [0.5, 0.6) is 5.75 Å². The van der Waals surface area contributed by atoms with E-state index >= 15 is 0 Å². The smallest absolute Gasteiger partial charge is 0.272 e. The van der Waals surface area contributed by atoms with Gasteiger partial charge in [0.1, 0.15) is 5.75 Å². The number of aryl methyl sites for hydroxylation is 1. The zero-order chi connectivity index (χ0) is 20.0. The minimum absolute atomic E-state index is 0.00568.